The van der Waals surface area contributed by atoms with Gasteiger partial charge in [-0.25, -0.2) is 9.79 Å². The maximum Gasteiger partial charge on any atom is 0.354 e. The lowest BCUT2D eigenvalue weighted by Crippen LogP contribution is -2.16. The van der Waals surface area contributed by atoms with E-state index >= 15 is 0 Å². The molecule has 1 aliphatic rings. The molecule has 0 bridgehead atoms. The molecule has 0 amide bonds. The molecule has 0 aromatic carbocycles. The Kier molecular flexibility index (Phi) is 1.74. The molecule has 3 heteroatoms. The van der Waals surface area contributed by atoms with Crippen LogP contribution in [0.2, 0.25) is 0 Å². The average Bonchev–Trinajstić information content (AvgIpc) is 2.10. The third-order valence-electron chi connectivity index (χ3n) is 1.35. The monoisotopic (exact) mass is 141 g/mol. The minimum absolute atomic E-state index is 0.178. The second kappa shape index (κ2) is 2.40. The highest BCUT2D eigenvalue weighted by molar-refractivity contribution is 6.38. The number of nitrogens with zero attached hydrogens (tertiary/aromatic N) is 1. The summed E-state index contributed by atoms with van der Waals surface area (Å²) in [4.78, 5) is 14.9. The Morgan fingerprint density at radius 1 is 1.60 bits per heavy atom. The number of ether oxygens (including phenoxy) is 1. The number of carbonyl (C=O) groups excluding carboxylic acids is 1. The van der Waals surface area contributed by atoms with Crippen LogP contribution in [0.25, 0.3) is 0 Å². The fraction of sp³-hybridized carbons (Fsp3) is 0.714. The van der Waals surface area contributed by atoms with Gasteiger partial charge in [-0.1, -0.05) is 13.8 Å². The summed E-state index contributed by atoms with van der Waals surface area (Å²) >= 11 is 0. The van der Waals surface area contributed by atoms with Crippen molar-refractivity contribution < 1.29 is 9.53 Å². The Hall–Kier alpha value is -0.860. The molecule has 3 nitrogen and oxygen atoms in total. The van der Waals surface area contributed by atoms with Crippen molar-refractivity contribution in [3.05, 3.63) is 0 Å². The fourth-order valence-corrected chi connectivity index (χ4v) is 0.875. The van der Waals surface area contributed by atoms with Crippen molar-refractivity contribution in [1.82, 2.24) is 0 Å². The van der Waals surface area contributed by atoms with E-state index in [1.807, 2.05) is 13.8 Å². The summed E-state index contributed by atoms with van der Waals surface area (Å²) in [5, 5.41) is 0. The zero-order valence-corrected chi connectivity index (χ0v) is 6.42. The highest BCUT2D eigenvalue weighted by atomic mass is 16.6. The molecule has 0 saturated heterocycles. The van der Waals surface area contributed by atoms with Gasteiger partial charge < -0.3 is 4.74 Å². The second-order valence-corrected chi connectivity index (χ2v) is 2.67. The van der Waals surface area contributed by atoms with E-state index < -0.39 is 0 Å². The molecule has 0 fully saturated rings. The Labute approximate surface area is 60.1 Å². The first-order valence-corrected chi connectivity index (χ1v) is 3.40. The molecule has 0 radical (unpaired) electrons. The summed E-state index contributed by atoms with van der Waals surface area (Å²) in [6.45, 7) is 5.61. The Morgan fingerprint density at radius 2 is 2.20 bits per heavy atom. The third kappa shape index (κ3) is 1.17. The van der Waals surface area contributed by atoms with Gasteiger partial charge >= 0.3 is 5.97 Å². The quantitative estimate of drug-likeness (QED) is 0.511. The second-order valence-electron chi connectivity index (χ2n) is 2.67. The van der Waals surface area contributed by atoms with Crippen LogP contribution in [0.1, 0.15) is 20.8 Å². The summed E-state index contributed by atoms with van der Waals surface area (Å²) in [5.74, 6) is -0.0834. The SMILES string of the molecule is CC1N=C(C(C)C)C(=O)O1. The van der Waals surface area contributed by atoms with Gasteiger partial charge in [-0.15, -0.1) is 0 Å². The molecule has 10 heavy (non-hydrogen) atoms. The van der Waals surface area contributed by atoms with Crippen LogP contribution < -0.4 is 0 Å². The minimum atomic E-state index is -0.273. The van der Waals surface area contributed by atoms with Gasteiger partial charge in [-0.05, 0) is 6.92 Å². The van der Waals surface area contributed by atoms with E-state index in [-0.39, 0.29) is 18.1 Å². The van der Waals surface area contributed by atoms with E-state index in [0.717, 1.165) is 0 Å². The lowest BCUT2D eigenvalue weighted by atomic mass is 10.1. The summed E-state index contributed by atoms with van der Waals surface area (Å²) in [6.07, 6.45) is -0.273. The molecule has 1 heterocycles. The van der Waals surface area contributed by atoms with Crippen LogP contribution in [0.3, 0.4) is 0 Å². The molecule has 56 valence electrons. The Morgan fingerprint density at radius 3 is 2.40 bits per heavy atom. The molecule has 0 aromatic rings. The molecule has 1 atom stereocenters. The van der Waals surface area contributed by atoms with Crippen LogP contribution >= 0.6 is 0 Å². The van der Waals surface area contributed by atoms with Crippen molar-refractivity contribution in [3.8, 4) is 0 Å². The molecule has 0 saturated carbocycles. The van der Waals surface area contributed by atoms with Crippen molar-refractivity contribution in [3.63, 3.8) is 0 Å². The number of esters is 1. The van der Waals surface area contributed by atoms with Crippen LogP contribution in [0.5, 0.6) is 0 Å². The summed E-state index contributed by atoms with van der Waals surface area (Å²) in [5.41, 5.74) is 0.563. The first kappa shape index (κ1) is 7.25. The van der Waals surface area contributed by atoms with Crippen molar-refractivity contribution in [2.45, 2.75) is 27.0 Å². The first-order chi connectivity index (χ1) is 4.61. The van der Waals surface area contributed by atoms with Crippen LogP contribution in [-0.4, -0.2) is 17.9 Å². The van der Waals surface area contributed by atoms with Gasteiger partial charge in [-0.3, -0.25) is 0 Å². The van der Waals surface area contributed by atoms with E-state index in [4.69, 9.17) is 4.74 Å². The first-order valence-electron chi connectivity index (χ1n) is 3.40. The zero-order valence-electron chi connectivity index (χ0n) is 6.42. The predicted octanol–water partition coefficient (Wildman–Crippen LogP) is 0.986. The van der Waals surface area contributed by atoms with Crippen molar-refractivity contribution >= 4 is 11.7 Å². The number of hydrogen-bond donors (Lipinski definition) is 0. The molecular weight excluding hydrogens is 130 g/mol. The highest BCUT2D eigenvalue weighted by Crippen LogP contribution is 2.11. The number of rotatable bonds is 1. The molecule has 0 N–H and O–H groups in total. The molecule has 1 unspecified atom stereocenters. The topological polar surface area (TPSA) is 38.7 Å². The lowest BCUT2D eigenvalue weighted by Gasteiger charge is -1.97. The Bertz CT molecular complexity index is 184. The summed E-state index contributed by atoms with van der Waals surface area (Å²) in [6, 6.07) is 0. The molecule has 1 aliphatic heterocycles. The van der Waals surface area contributed by atoms with Gasteiger partial charge in [0.25, 0.3) is 0 Å². The van der Waals surface area contributed by atoms with Gasteiger partial charge in [-0.2, -0.15) is 0 Å². The van der Waals surface area contributed by atoms with Crippen LogP contribution in [0, 0.1) is 5.92 Å². The van der Waals surface area contributed by atoms with E-state index in [0.29, 0.717) is 5.71 Å². The third-order valence-corrected chi connectivity index (χ3v) is 1.35. The van der Waals surface area contributed by atoms with E-state index in [1.165, 1.54) is 0 Å². The minimum Gasteiger partial charge on any atom is -0.436 e. The van der Waals surface area contributed by atoms with Crippen molar-refractivity contribution in [2.75, 3.05) is 0 Å². The van der Waals surface area contributed by atoms with Crippen molar-refractivity contribution in [1.29, 1.82) is 0 Å². The summed E-state index contributed by atoms with van der Waals surface area (Å²) in [7, 11) is 0. The highest BCUT2D eigenvalue weighted by Gasteiger charge is 2.25. The standard InChI is InChI=1S/C7H11NO2/c1-4(2)6-7(9)10-5(3)8-6/h4-5H,1-3H3. The van der Waals surface area contributed by atoms with Crippen LogP contribution in [0.4, 0.5) is 0 Å². The molecular formula is C7H11NO2. The fourth-order valence-electron chi connectivity index (χ4n) is 0.875. The van der Waals surface area contributed by atoms with Crippen LogP contribution in [-0.2, 0) is 9.53 Å². The van der Waals surface area contributed by atoms with E-state index in [9.17, 15) is 4.79 Å². The number of aliphatic imine (C=N–C) groups is 1. The van der Waals surface area contributed by atoms with Crippen molar-refractivity contribution in [2.24, 2.45) is 10.9 Å². The molecule has 0 aromatic heterocycles. The van der Waals surface area contributed by atoms with Gasteiger partial charge in [0.2, 0.25) is 0 Å². The number of cyclic esters (lactones) is 1. The van der Waals surface area contributed by atoms with Gasteiger partial charge in [0.15, 0.2) is 6.23 Å². The smallest absolute Gasteiger partial charge is 0.354 e. The van der Waals surface area contributed by atoms with Gasteiger partial charge in [0.05, 0.1) is 0 Å². The molecule has 0 spiro atoms. The van der Waals surface area contributed by atoms with Gasteiger partial charge in [0.1, 0.15) is 5.71 Å². The maximum atomic E-state index is 10.9. The molecule has 1 rings (SSSR count). The average molecular weight is 141 g/mol. The molecule has 0 aliphatic carbocycles. The predicted molar refractivity (Wildman–Crippen MR) is 37.8 cm³/mol. The Balaban J connectivity index is 2.75. The zero-order chi connectivity index (χ0) is 7.72. The van der Waals surface area contributed by atoms with Crippen LogP contribution in [0.15, 0.2) is 4.99 Å². The number of carbonyl (C=O) groups is 1. The largest absolute Gasteiger partial charge is 0.436 e. The van der Waals surface area contributed by atoms with E-state index in [1.54, 1.807) is 6.92 Å². The number of hydrogen-bond acceptors (Lipinski definition) is 3. The summed E-state index contributed by atoms with van der Waals surface area (Å²) < 4.78 is 4.79. The maximum absolute atomic E-state index is 10.9. The lowest BCUT2D eigenvalue weighted by molar-refractivity contribution is -0.137. The van der Waals surface area contributed by atoms with Gasteiger partial charge in [0, 0.05) is 5.92 Å². The van der Waals surface area contributed by atoms with E-state index in [2.05, 4.69) is 4.99 Å². The normalized spacial score (nSPS) is 25.0.